The lowest BCUT2D eigenvalue weighted by atomic mass is 10.2. The molecule has 1 aromatic heterocycles. The Morgan fingerprint density at radius 2 is 1.47 bits per heavy atom. The monoisotopic (exact) mass is 478 g/mol. The number of ether oxygens (including phenoxy) is 2. The highest BCUT2D eigenvalue weighted by molar-refractivity contribution is 7.93. The van der Waals surface area contributed by atoms with E-state index in [1.54, 1.807) is 26.0 Å². The van der Waals surface area contributed by atoms with Crippen molar-refractivity contribution in [2.24, 2.45) is 0 Å². The molecule has 0 bridgehead atoms. The van der Waals surface area contributed by atoms with Crippen molar-refractivity contribution in [2.45, 2.75) is 23.6 Å². The average Bonchev–Trinajstić information content (AvgIpc) is 2.74. The van der Waals surface area contributed by atoms with Crippen LogP contribution in [0.4, 0.5) is 11.5 Å². The Bertz CT molecular complexity index is 1320. The van der Waals surface area contributed by atoms with Crippen molar-refractivity contribution in [1.82, 2.24) is 9.97 Å². The molecule has 0 radical (unpaired) electrons. The molecule has 3 rings (SSSR count). The summed E-state index contributed by atoms with van der Waals surface area (Å²) in [6.07, 6.45) is 0. The zero-order valence-electron chi connectivity index (χ0n) is 17.8. The molecular formula is C20H22N4O6S2. The van der Waals surface area contributed by atoms with Crippen LogP contribution in [-0.2, 0) is 20.0 Å². The number of benzene rings is 2. The zero-order valence-corrected chi connectivity index (χ0v) is 19.4. The molecule has 0 aliphatic carbocycles. The second-order valence-corrected chi connectivity index (χ2v) is 10.1. The molecule has 2 N–H and O–H groups in total. The second-order valence-electron chi connectivity index (χ2n) is 6.79. The molecule has 0 saturated heterocycles. The van der Waals surface area contributed by atoms with Crippen LogP contribution >= 0.6 is 0 Å². The van der Waals surface area contributed by atoms with Crippen LogP contribution in [0.1, 0.15) is 11.1 Å². The van der Waals surface area contributed by atoms with Crippen LogP contribution in [0.15, 0.2) is 58.3 Å². The molecule has 0 fully saturated rings. The lowest BCUT2D eigenvalue weighted by Gasteiger charge is -2.12. The van der Waals surface area contributed by atoms with E-state index in [9.17, 15) is 16.8 Å². The minimum absolute atomic E-state index is 0.0478. The molecule has 0 aliphatic heterocycles. The summed E-state index contributed by atoms with van der Waals surface area (Å²) in [6, 6.07) is 11.6. The van der Waals surface area contributed by atoms with Crippen LogP contribution in [-0.4, -0.2) is 41.0 Å². The summed E-state index contributed by atoms with van der Waals surface area (Å²) < 4.78 is 65.6. The molecule has 1 heterocycles. The van der Waals surface area contributed by atoms with Gasteiger partial charge in [0, 0.05) is 11.8 Å². The Morgan fingerprint density at radius 1 is 0.781 bits per heavy atom. The van der Waals surface area contributed by atoms with E-state index in [1.165, 1.54) is 44.6 Å². The van der Waals surface area contributed by atoms with Gasteiger partial charge in [-0.25, -0.2) is 16.8 Å². The summed E-state index contributed by atoms with van der Waals surface area (Å²) in [5.74, 6) is 0.0687. The molecule has 0 aliphatic rings. The Hall–Kier alpha value is -3.38. The van der Waals surface area contributed by atoms with Crippen LogP contribution in [0.2, 0.25) is 0 Å². The van der Waals surface area contributed by atoms with Crippen molar-refractivity contribution in [3.05, 3.63) is 59.7 Å². The van der Waals surface area contributed by atoms with E-state index in [0.717, 1.165) is 5.56 Å². The number of methoxy groups -OCH3 is 2. The lowest BCUT2D eigenvalue weighted by Crippen LogP contribution is -2.16. The summed E-state index contributed by atoms with van der Waals surface area (Å²) in [6.45, 7) is 3.50. The normalized spacial score (nSPS) is 11.6. The van der Waals surface area contributed by atoms with E-state index >= 15 is 0 Å². The molecule has 170 valence electrons. The smallest absolute Gasteiger partial charge is 0.321 e. The third kappa shape index (κ3) is 5.26. The topological polar surface area (TPSA) is 137 Å². The number of aromatic nitrogens is 2. The van der Waals surface area contributed by atoms with Gasteiger partial charge in [-0.1, -0.05) is 12.1 Å². The summed E-state index contributed by atoms with van der Waals surface area (Å²) >= 11 is 0. The van der Waals surface area contributed by atoms with Crippen LogP contribution in [0.5, 0.6) is 11.9 Å². The van der Waals surface area contributed by atoms with E-state index in [1.807, 2.05) is 6.07 Å². The number of nitrogens with one attached hydrogen (secondary N) is 2. The molecule has 32 heavy (non-hydrogen) atoms. The predicted molar refractivity (Wildman–Crippen MR) is 119 cm³/mol. The number of rotatable bonds is 8. The van der Waals surface area contributed by atoms with Gasteiger partial charge >= 0.3 is 6.01 Å². The Balaban J connectivity index is 1.82. The Morgan fingerprint density at radius 3 is 2.09 bits per heavy atom. The van der Waals surface area contributed by atoms with Crippen molar-refractivity contribution < 1.29 is 26.3 Å². The molecule has 0 spiro atoms. The first-order valence-electron chi connectivity index (χ1n) is 9.24. The van der Waals surface area contributed by atoms with Gasteiger partial charge in [-0.3, -0.25) is 9.44 Å². The second kappa shape index (κ2) is 9.01. The third-order valence-corrected chi connectivity index (χ3v) is 7.26. The van der Waals surface area contributed by atoms with E-state index in [4.69, 9.17) is 9.47 Å². The first-order valence-corrected chi connectivity index (χ1v) is 12.2. The van der Waals surface area contributed by atoms with Gasteiger partial charge in [0.15, 0.2) is 5.82 Å². The first kappa shape index (κ1) is 23.3. The number of hydrogen-bond donors (Lipinski definition) is 2. The quantitative estimate of drug-likeness (QED) is 0.504. The summed E-state index contributed by atoms with van der Waals surface area (Å²) in [7, 11) is -5.14. The highest BCUT2D eigenvalue weighted by Crippen LogP contribution is 2.24. The van der Waals surface area contributed by atoms with Gasteiger partial charge < -0.3 is 9.47 Å². The SMILES string of the molecule is COc1cc(NS(=O)(=O)c2ccc(NS(=O)(=O)c3cc(C)ccc3C)cc2)nc(OC)n1. The van der Waals surface area contributed by atoms with E-state index in [-0.39, 0.29) is 33.2 Å². The van der Waals surface area contributed by atoms with Crippen molar-refractivity contribution in [1.29, 1.82) is 0 Å². The van der Waals surface area contributed by atoms with Crippen LogP contribution in [0, 0.1) is 13.8 Å². The van der Waals surface area contributed by atoms with Gasteiger partial charge in [0.2, 0.25) is 5.88 Å². The average molecular weight is 479 g/mol. The maximum Gasteiger partial charge on any atom is 0.321 e. The van der Waals surface area contributed by atoms with Gasteiger partial charge in [0.1, 0.15) is 0 Å². The van der Waals surface area contributed by atoms with Gasteiger partial charge in [0.05, 0.1) is 24.0 Å². The molecular weight excluding hydrogens is 456 g/mol. The maximum absolute atomic E-state index is 12.7. The fraction of sp³-hybridized carbons (Fsp3) is 0.200. The van der Waals surface area contributed by atoms with E-state index < -0.39 is 20.0 Å². The summed E-state index contributed by atoms with van der Waals surface area (Å²) in [5.41, 5.74) is 1.62. The van der Waals surface area contributed by atoms with E-state index in [0.29, 0.717) is 5.56 Å². The fourth-order valence-corrected chi connectivity index (χ4v) is 5.14. The molecule has 12 heteroatoms. The fourth-order valence-electron chi connectivity index (χ4n) is 2.76. The van der Waals surface area contributed by atoms with E-state index in [2.05, 4.69) is 19.4 Å². The van der Waals surface area contributed by atoms with Gasteiger partial charge in [-0.05, 0) is 55.3 Å². The van der Waals surface area contributed by atoms with Gasteiger partial charge in [0.25, 0.3) is 20.0 Å². The number of hydrogen-bond acceptors (Lipinski definition) is 8. The lowest BCUT2D eigenvalue weighted by molar-refractivity contribution is 0.353. The summed E-state index contributed by atoms with van der Waals surface area (Å²) in [4.78, 5) is 7.89. The Labute approximate surface area is 186 Å². The van der Waals surface area contributed by atoms with Gasteiger partial charge in [-0.2, -0.15) is 9.97 Å². The molecule has 0 saturated carbocycles. The van der Waals surface area contributed by atoms with Crippen LogP contribution < -0.4 is 18.9 Å². The molecule has 0 amide bonds. The van der Waals surface area contributed by atoms with Crippen LogP contribution in [0.25, 0.3) is 0 Å². The molecule has 10 nitrogen and oxygen atoms in total. The highest BCUT2D eigenvalue weighted by Gasteiger charge is 2.19. The molecule has 0 atom stereocenters. The minimum atomic E-state index is -4.02. The largest absolute Gasteiger partial charge is 0.481 e. The maximum atomic E-state index is 12.7. The standard InChI is InChI=1S/C20H22N4O6S2/c1-13-5-6-14(2)17(11-13)32(27,28)23-15-7-9-16(10-8-15)31(25,26)24-18-12-19(29-3)22-20(21-18)30-4/h5-12,23H,1-4H3,(H,21,22,24). The zero-order chi connectivity index (χ0) is 23.5. The van der Waals surface area contributed by atoms with Crippen LogP contribution in [0.3, 0.4) is 0 Å². The predicted octanol–water partition coefficient (Wildman–Crippen LogP) is 2.71. The minimum Gasteiger partial charge on any atom is -0.481 e. The number of sulfonamides is 2. The van der Waals surface area contributed by atoms with Crippen molar-refractivity contribution in [2.75, 3.05) is 23.7 Å². The van der Waals surface area contributed by atoms with Crippen molar-refractivity contribution in [3.8, 4) is 11.9 Å². The summed E-state index contributed by atoms with van der Waals surface area (Å²) in [5, 5.41) is 0. The number of aryl methyl sites for hydroxylation is 2. The number of nitrogens with zero attached hydrogens (tertiary/aromatic N) is 2. The van der Waals surface area contributed by atoms with Gasteiger partial charge in [-0.15, -0.1) is 0 Å². The van der Waals surface area contributed by atoms with Crippen molar-refractivity contribution in [3.63, 3.8) is 0 Å². The van der Waals surface area contributed by atoms with Crippen molar-refractivity contribution >= 4 is 31.6 Å². The first-order chi connectivity index (χ1) is 15.0. The highest BCUT2D eigenvalue weighted by atomic mass is 32.2. The Kier molecular flexibility index (Phi) is 6.55. The molecule has 3 aromatic rings. The number of anilines is 2. The molecule has 0 unspecified atom stereocenters. The third-order valence-electron chi connectivity index (χ3n) is 4.36. The molecule has 2 aromatic carbocycles.